The molecule has 7 heteroatoms. The first kappa shape index (κ1) is 19.5. The lowest BCUT2D eigenvalue weighted by Crippen LogP contribution is -2.30. The molecular formula is C22H25N5OS. The topological polar surface area (TPSA) is 64.2 Å². The van der Waals surface area contributed by atoms with Gasteiger partial charge < -0.3 is 9.88 Å². The normalized spacial score (nSPS) is 12.7. The number of thioether (sulfide) groups is 1. The molecule has 0 radical (unpaired) electrons. The first-order valence-electron chi connectivity index (χ1n) is 9.78. The van der Waals surface area contributed by atoms with E-state index in [0.29, 0.717) is 11.6 Å². The number of nitrogens with one attached hydrogen (secondary N) is 1. The predicted octanol–water partition coefficient (Wildman–Crippen LogP) is 4.49. The quantitative estimate of drug-likeness (QED) is 0.490. The van der Waals surface area contributed by atoms with Gasteiger partial charge in [-0.3, -0.25) is 9.20 Å². The zero-order chi connectivity index (χ0) is 20.4. The van der Waals surface area contributed by atoms with Crippen molar-refractivity contribution in [1.29, 1.82) is 0 Å². The van der Waals surface area contributed by atoms with Crippen LogP contribution < -0.4 is 5.32 Å². The SMILES string of the molecule is CSCC[C@@H](NC(=O)c1ccc2ccn(C(C)C)c2c1)c1nnc2ccccn12. The van der Waals surface area contributed by atoms with Crippen LogP contribution in [0.4, 0.5) is 0 Å². The Morgan fingerprint density at radius 1 is 1.14 bits per heavy atom. The van der Waals surface area contributed by atoms with Crippen molar-refractivity contribution in [2.45, 2.75) is 32.4 Å². The molecule has 0 aliphatic carbocycles. The molecular weight excluding hydrogens is 382 g/mol. The van der Waals surface area contributed by atoms with Gasteiger partial charge in [-0.25, -0.2) is 0 Å². The van der Waals surface area contributed by atoms with Gasteiger partial charge in [-0.05, 0) is 68.0 Å². The van der Waals surface area contributed by atoms with E-state index in [9.17, 15) is 4.79 Å². The van der Waals surface area contributed by atoms with Crippen LogP contribution in [0.15, 0.2) is 54.9 Å². The van der Waals surface area contributed by atoms with Crippen LogP contribution in [0.5, 0.6) is 0 Å². The minimum Gasteiger partial charge on any atom is -0.345 e. The van der Waals surface area contributed by atoms with Crippen molar-refractivity contribution in [3.63, 3.8) is 0 Å². The van der Waals surface area contributed by atoms with Gasteiger partial charge in [0.25, 0.3) is 5.91 Å². The number of amides is 1. The molecule has 0 aliphatic heterocycles. The van der Waals surface area contributed by atoms with Crippen molar-refractivity contribution in [3.05, 3.63) is 66.2 Å². The molecule has 4 aromatic rings. The van der Waals surface area contributed by atoms with Crippen LogP contribution in [-0.2, 0) is 0 Å². The highest BCUT2D eigenvalue weighted by atomic mass is 32.2. The maximum absolute atomic E-state index is 13.1. The Hall–Kier alpha value is -2.80. The van der Waals surface area contributed by atoms with E-state index in [2.05, 4.69) is 52.4 Å². The van der Waals surface area contributed by atoms with Crippen LogP contribution in [-0.4, -0.2) is 37.1 Å². The van der Waals surface area contributed by atoms with Crippen LogP contribution in [0, 0.1) is 0 Å². The minimum absolute atomic E-state index is 0.0952. The average Bonchev–Trinajstić information content (AvgIpc) is 3.34. The fourth-order valence-corrected chi connectivity index (χ4v) is 4.05. The number of carbonyl (C=O) groups is 1. The standard InChI is InChI=1S/C22H25N5OS/c1-15(2)26-12-9-16-7-8-17(14-19(16)26)22(28)23-18(10-13-29-3)21-25-24-20-6-4-5-11-27(20)21/h4-9,11-12,14-15,18H,10,13H2,1-3H3,(H,23,28)/t18-/m1/s1. The number of carbonyl (C=O) groups excluding carboxylic acids is 1. The Bertz CT molecular complexity index is 1150. The third kappa shape index (κ3) is 3.87. The van der Waals surface area contributed by atoms with Crippen LogP contribution in [0.1, 0.15) is 48.5 Å². The number of benzene rings is 1. The molecule has 3 heterocycles. The number of aromatic nitrogens is 4. The van der Waals surface area contributed by atoms with Gasteiger partial charge in [0.1, 0.15) is 0 Å². The molecule has 150 valence electrons. The molecule has 1 amide bonds. The van der Waals surface area contributed by atoms with Gasteiger partial charge in [-0.15, -0.1) is 10.2 Å². The molecule has 0 bridgehead atoms. The highest BCUT2D eigenvalue weighted by Gasteiger charge is 2.21. The number of hydrogen-bond acceptors (Lipinski definition) is 4. The third-order valence-electron chi connectivity index (χ3n) is 5.11. The molecule has 0 saturated heterocycles. The van der Waals surface area contributed by atoms with Crippen LogP contribution >= 0.6 is 11.8 Å². The first-order chi connectivity index (χ1) is 14.1. The fourth-order valence-electron chi connectivity index (χ4n) is 3.58. The summed E-state index contributed by atoms with van der Waals surface area (Å²) < 4.78 is 4.13. The average molecular weight is 408 g/mol. The Morgan fingerprint density at radius 3 is 2.79 bits per heavy atom. The summed E-state index contributed by atoms with van der Waals surface area (Å²) in [5.41, 5.74) is 2.50. The van der Waals surface area contributed by atoms with Crippen molar-refractivity contribution in [1.82, 2.24) is 24.5 Å². The summed E-state index contributed by atoms with van der Waals surface area (Å²) >= 11 is 1.75. The number of hydrogen-bond donors (Lipinski definition) is 1. The highest BCUT2D eigenvalue weighted by molar-refractivity contribution is 7.98. The maximum atomic E-state index is 13.1. The molecule has 0 fully saturated rings. The lowest BCUT2D eigenvalue weighted by molar-refractivity contribution is 0.0934. The zero-order valence-electron chi connectivity index (χ0n) is 16.9. The second kappa shape index (κ2) is 8.29. The van der Waals surface area contributed by atoms with E-state index in [-0.39, 0.29) is 11.9 Å². The second-order valence-corrected chi connectivity index (χ2v) is 8.37. The van der Waals surface area contributed by atoms with Crippen LogP contribution in [0.3, 0.4) is 0 Å². The number of fused-ring (bicyclic) bond motifs is 2. The van der Waals surface area contributed by atoms with Crippen molar-refractivity contribution < 1.29 is 4.79 Å². The molecule has 1 atom stereocenters. The van der Waals surface area contributed by atoms with E-state index in [1.807, 2.05) is 47.0 Å². The van der Waals surface area contributed by atoms with Gasteiger partial charge in [0, 0.05) is 29.5 Å². The van der Waals surface area contributed by atoms with Gasteiger partial charge in [-0.2, -0.15) is 11.8 Å². The van der Waals surface area contributed by atoms with E-state index in [1.165, 1.54) is 0 Å². The molecule has 0 spiro atoms. The lowest BCUT2D eigenvalue weighted by atomic mass is 10.1. The summed E-state index contributed by atoms with van der Waals surface area (Å²) in [5, 5.41) is 12.9. The van der Waals surface area contributed by atoms with Gasteiger partial charge in [-0.1, -0.05) is 12.1 Å². The maximum Gasteiger partial charge on any atom is 0.251 e. The molecule has 29 heavy (non-hydrogen) atoms. The van der Waals surface area contributed by atoms with E-state index in [0.717, 1.165) is 34.5 Å². The van der Waals surface area contributed by atoms with Crippen molar-refractivity contribution in [2.75, 3.05) is 12.0 Å². The molecule has 1 aromatic carbocycles. The Labute approximate surface area is 174 Å². The first-order valence-corrected chi connectivity index (χ1v) is 11.2. The summed E-state index contributed by atoms with van der Waals surface area (Å²) in [5.74, 6) is 1.58. The third-order valence-corrected chi connectivity index (χ3v) is 5.75. The molecule has 4 rings (SSSR count). The Balaban J connectivity index is 1.64. The summed E-state index contributed by atoms with van der Waals surface area (Å²) in [6.45, 7) is 4.28. The van der Waals surface area contributed by atoms with Gasteiger partial charge >= 0.3 is 0 Å². The smallest absolute Gasteiger partial charge is 0.251 e. The lowest BCUT2D eigenvalue weighted by Gasteiger charge is -2.17. The van der Waals surface area contributed by atoms with Gasteiger partial charge in [0.2, 0.25) is 0 Å². The molecule has 6 nitrogen and oxygen atoms in total. The molecule has 0 unspecified atom stereocenters. The van der Waals surface area contributed by atoms with E-state index in [4.69, 9.17) is 0 Å². The minimum atomic E-state index is -0.208. The summed E-state index contributed by atoms with van der Waals surface area (Å²) in [6.07, 6.45) is 6.85. The molecule has 0 saturated carbocycles. The molecule has 3 aromatic heterocycles. The Morgan fingerprint density at radius 2 is 2.00 bits per heavy atom. The number of nitrogens with zero attached hydrogens (tertiary/aromatic N) is 4. The van der Waals surface area contributed by atoms with Crippen molar-refractivity contribution in [3.8, 4) is 0 Å². The van der Waals surface area contributed by atoms with E-state index < -0.39 is 0 Å². The second-order valence-electron chi connectivity index (χ2n) is 7.38. The Kier molecular flexibility index (Phi) is 5.58. The van der Waals surface area contributed by atoms with Crippen LogP contribution in [0.25, 0.3) is 16.6 Å². The predicted molar refractivity (Wildman–Crippen MR) is 119 cm³/mol. The molecule has 1 N–H and O–H groups in total. The van der Waals surface area contributed by atoms with Gasteiger partial charge in [0.15, 0.2) is 11.5 Å². The van der Waals surface area contributed by atoms with E-state index in [1.54, 1.807) is 11.8 Å². The largest absolute Gasteiger partial charge is 0.345 e. The van der Waals surface area contributed by atoms with Crippen molar-refractivity contribution in [2.24, 2.45) is 0 Å². The van der Waals surface area contributed by atoms with Crippen molar-refractivity contribution >= 4 is 34.2 Å². The van der Waals surface area contributed by atoms with Crippen LogP contribution in [0.2, 0.25) is 0 Å². The zero-order valence-corrected chi connectivity index (χ0v) is 17.7. The summed E-state index contributed by atoms with van der Waals surface area (Å²) in [4.78, 5) is 13.1. The summed E-state index contributed by atoms with van der Waals surface area (Å²) in [7, 11) is 0. The number of rotatable bonds is 7. The van der Waals surface area contributed by atoms with E-state index >= 15 is 0 Å². The van der Waals surface area contributed by atoms with Gasteiger partial charge in [0.05, 0.1) is 6.04 Å². The molecule has 0 aliphatic rings. The fraction of sp³-hybridized carbons (Fsp3) is 0.318. The summed E-state index contributed by atoms with van der Waals surface area (Å²) in [6, 6.07) is 13.9. The highest BCUT2D eigenvalue weighted by Crippen LogP contribution is 2.23. The monoisotopic (exact) mass is 407 g/mol. The number of pyridine rings is 1.